The van der Waals surface area contributed by atoms with Crippen molar-refractivity contribution in [3.63, 3.8) is 0 Å². The first kappa shape index (κ1) is 20.3. The van der Waals surface area contributed by atoms with Gasteiger partial charge in [0.2, 0.25) is 0 Å². The largest absolute Gasteiger partial charge is 0.513 e. The van der Waals surface area contributed by atoms with Gasteiger partial charge in [0.1, 0.15) is 11.7 Å². The average Bonchev–Trinajstić information content (AvgIpc) is 2.56. The molecule has 1 heterocycles. The topological polar surface area (TPSA) is 90.7 Å². The summed E-state index contributed by atoms with van der Waals surface area (Å²) >= 11 is 0. The lowest BCUT2D eigenvalue weighted by Gasteiger charge is -2.28. The van der Waals surface area contributed by atoms with E-state index in [0.29, 0.717) is 0 Å². The lowest BCUT2D eigenvalue weighted by molar-refractivity contribution is -0.431. The molecular formula is C17H17F3N2O5. The summed E-state index contributed by atoms with van der Waals surface area (Å²) in [6.45, 7) is 4.30. The van der Waals surface area contributed by atoms with Crippen LogP contribution in [0.5, 0.6) is 0 Å². The van der Waals surface area contributed by atoms with Gasteiger partial charge in [-0.15, -0.1) is 0 Å². The van der Waals surface area contributed by atoms with Crippen LogP contribution in [0, 0.1) is 10.1 Å². The zero-order chi connectivity index (χ0) is 20.4. The molecule has 0 aliphatic carbocycles. The Hall–Kier alpha value is -3.04. The van der Waals surface area contributed by atoms with Crippen LogP contribution in [0.4, 0.5) is 18.0 Å². The van der Waals surface area contributed by atoms with Gasteiger partial charge in [0.25, 0.3) is 5.70 Å². The van der Waals surface area contributed by atoms with Crippen molar-refractivity contribution in [3.05, 3.63) is 68.4 Å². The molecule has 27 heavy (non-hydrogen) atoms. The van der Waals surface area contributed by atoms with E-state index in [1.807, 2.05) is 0 Å². The van der Waals surface area contributed by atoms with Gasteiger partial charge in [-0.3, -0.25) is 10.1 Å². The maximum atomic E-state index is 13.5. The minimum Gasteiger partial charge on any atom is -0.434 e. The van der Waals surface area contributed by atoms with Crippen LogP contribution in [-0.2, 0) is 15.7 Å². The molecule has 1 unspecified atom stereocenters. The maximum Gasteiger partial charge on any atom is 0.513 e. The van der Waals surface area contributed by atoms with Crippen molar-refractivity contribution in [2.45, 2.75) is 32.9 Å². The Bertz CT molecular complexity index is 830. The lowest BCUT2D eigenvalue weighted by Crippen LogP contribution is -2.31. The SMILES string of the molecule is CCOC(=O)OC1=C(C)NC(C)=C([N+](=O)[O-])C1c1ccccc1C(F)(F)F. The average molecular weight is 386 g/mol. The fourth-order valence-corrected chi connectivity index (χ4v) is 2.87. The highest BCUT2D eigenvalue weighted by molar-refractivity contribution is 5.63. The van der Waals surface area contributed by atoms with Crippen molar-refractivity contribution >= 4 is 6.16 Å². The third-order valence-electron chi connectivity index (χ3n) is 3.89. The maximum absolute atomic E-state index is 13.5. The number of carbonyl (C=O) groups is 1. The summed E-state index contributed by atoms with van der Waals surface area (Å²) in [6.07, 6.45) is -5.91. The summed E-state index contributed by atoms with van der Waals surface area (Å²) in [4.78, 5) is 22.6. The highest BCUT2D eigenvalue weighted by atomic mass is 19.4. The summed E-state index contributed by atoms with van der Waals surface area (Å²) in [5.74, 6) is -1.86. The molecule has 0 saturated heterocycles. The number of ether oxygens (including phenoxy) is 2. The molecule has 1 aliphatic heterocycles. The van der Waals surface area contributed by atoms with E-state index in [2.05, 4.69) is 10.1 Å². The molecule has 1 aliphatic rings. The molecule has 10 heteroatoms. The standard InChI is InChI=1S/C17H17F3N2O5/c1-4-26-16(23)27-15-10(3)21-9(2)14(22(24)25)13(15)11-7-5-6-8-12(11)17(18,19)20/h5-8,13,21H,4H2,1-3H3. The molecule has 0 saturated carbocycles. The van der Waals surface area contributed by atoms with Crippen LogP contribution in [-0.4, -0.2) is 17.7 Å². The molecule has 0 fully saturated rings. The van der Waals surface area contributed by atoms with Crippen LogP contribution >= 0.6 is 0 Å². The number of dihydropyridines is 1. The first-order chi connectivity index (χ1) is 12.6. The summed E-state index contributed by atoms with van der Waals surface area (Å²) < 4.78 is 50.2. The fourth-order valence-electron chi connectivity index (χ4n) is 2.87. The molecule has 0 aromatic heterocycles. The first-order valence-corrected chi connectivity index (χ1v) is 7.91. The Morgan fingerprint density at radius 1 is 1.26 bits per heavy atom. The van der Waals surface area contributed by atoms with Gasteiger partial charge in [0.15, 0.2) is 0 Å². The second-order valence-electron chi connectivity index (χ2n) is 5.68. The molecular weight excluding hydrogens is 369 g/mol. The molecule has 7 nitrogen and oxygen atoms in total. The smallest absolute Gasteiger partial charge is 0.434 e. The van der Waals surface area contributed by atoms with E-state index in [-0.39, 0.29) is 23.8 Å². The third kappa shape index (κ3) is 4.21. The van der Waals surface area contributed by atoms with Gasteiger partial charge in [0, 0.05) is 0 Å². The van der Waals surface area contributed by atoms with Gasteiger partial charge in [-0.25, -0.2) is 4.79 Å². The van der Waals surface area contributed by atoms with Crippen LogP contribution in [0.25, 0.3) is 0 Å². The number of hydrogen-bond acceptors (Lipinski definition) is 6. The number of carbonyl (C=O) groups excluding carboxylic acids is 1. The number of nitro groups is 1. The van der Waals surface area contributed by atoms with Gasteiger partial charge >= 0.3 is 12.3 Å². The summed E-state index contributed by atoms with van der Waals surface area (Å²) in [6, 6.07) is 4.45. The Balaban J connectivity index is 2.70. The van der Waals surface area contributed by atoms with Gasteiger partial charge < -0.3 is 14.8 Å². The normalized spacial score (nSPS) is 17.5. The molecule has 146 valence electrons. The van der Waals surface area contributed by atoms with E-state index in [1.54, 1.807) is 0 Å². The van der Waals surface area contributed by atoms with Crippen LogP contribution < -0.4 is 5.32 Å². The molecule has 1 aromatic carbocycles. The zero-order valence-electron chi connectivity index (χ0n) is 14.7. The number of halogens is 3. The third-order valence-corrected chi connectivity index (χ3v) is 3.89. The number of nitrogens with one attached hydrogen (secondary N) is 1. The Labute approximate surface area is 152 Å². The highest BCUT2D eigenvalue weighted by Gasteiger charge is 2.44. The fraction of sp³-hybridized carbons (Fsp3) is 0.353. The minimum absolute atomic E-state index is 0.0284. The summed E-state index contributed by atoms with van der Waals surface area (Å²) in [5.41, 5.74) is -1.77. The second-order valence-corrected chi connectivity index (χ2v) is 5.68. The number of nitrogens with zero attached hydrogens (tertiary/aromatic N) is 1. The van der Waals surface area contributed by atoms with Crippen molar-refractivity contribution in [3.8, 4) is 0 Å². The molecule has 1 atom stereocenters. The van der Waals surface area contributed by atoms with Gasteiger partial charge in [0.05, 0.1) is 28.5 Å². The van der Waals surface area contributed by atoms with Crippen LogP contribution in [0.2, 0.25) is 0 Å². The van der Waals surface area contributed by atoms with E-state index in [9.17, 15) is 28.1 Å². The molecule has 1 N–H and O–H groups in total. The Kier molecular flexibility index (Phi) is 5.77. The van der Waals surface area contributed by atoms with Crippen LogP contribution in [0.15, 0.2) is 47.1 Å². The molecule has 0 amide bonds. The number of rotatable bonds is 4. The van der Waals surface area contributed by atoms with E-state index < -0.39 is 40.0 Å². The first-order valence-electron chi connectivity index (χ1n) is 7.91. The predicted molar refractivity (Wildman–Crippen MR) is 87.8 cm³/mol. The quantitative estimate of drug-likeness (QED) is 0.471. The van der Waals surface area contributed by atoms with Crippen molar-refractivity contribution in [1.29, 1.82) is 0 Å². The number of hydrogen-bond donors (Lipinski definition) is 1. The van der Waals surface area contributed by atoms with E-state index in [1.165, 1.54) is 32.9 Å². The highest BCUT2D eigenvalue weighted by Crippen LogP contribution is 2.44. The van der Waals surface area contributed by atoms with Crippen molar-refractivity contribution in [1.82, 2.24) is 5.32 Å². The van der Waals surface area contributed by atoms with E-state index in [0.717, 1.165) is 12.1 Å². The predicted octanol–water partition coefficient (Wildman–Crippen LogP) is 4.31. The zero-order valence-corrected chi connectivity index (χ0v) is 14.7. The number of benzene rings is 1. The Morgan fingerprint density at radius 2 is 1.89 bits per heavy atom. The molecule has 0 radical (unpaired) electrons. The molecule has 2 rings (SSSR count). The molecule has 0 spiro atoms. The van der Waals surface area contributed by atoms with Crippen LogP contribution in [0.3, 0.4) is 0 Å². The Morgan fingerprint density at radius 3 is 2.44 bits per heavy atom. The van der Waals surface area contributed by atoms with Gasteiger partial charge in [-0.1, -0.05) is 18.2 Å². The monoisotopic (exact) mass is 386 g/mol. The van der Waals surface area contributed by atoms with Gasteiger partial charge in [-0.05, 0) is 32.4 Å². The van der Waals surface area contributed by atoms with Crippen molar-refractivity contribution in [2.75, 3.05) is 6.61 Å². The van der Waals surface area contributed by atoms with Gasteiger partial charge in [-0.2, -0.15) is 13.2 Å². The van der Waals surface area contributed by atoms with Crippen LogP contribution in [0.1, 0.15) is 37.8 Å². The van der Waals surface area contributed by atoms with E-state index in [4.69, 9.17) is 4.74 Å². The number of alkyl halides is 3. The van der Waals surface area contributed by atoms with Crippen molar-refractivity contribution < 1.29 is 32.4 Å². The molecule has 0 bridgehead atoms. The molecule has 1 aromatic rings. The lowest BCUT2D eigenvalue weighted by atomic mass is 9.86. The summed E-state index contributed by atoms with van der Waals surface area (Å²) in [7, 11) is 0. The van der Waals surface area contributed by atoms with E-state index >= 15 is 0 Å². The second kappa shape index (κ2) is 7.68. The minimum atomic E-state index is -4.75. The summed E-state index contributed by atoms with van der Waals surface area (Å²) in [5, 5.41) is 14.3. The number of allylic oxidation sites excluding steroid dienone is 2. The van der Waals surface area contributed by atoms with Crippen molar-refractivity contribution in [2.24, 2.45) is 0 Å².